The van der Waals surface area contributed by atoms with Crippen molar-refractivity contribution in [2.24, 2.45) is 0 Å². The van der Waals surface area contributed by atoms with E-state index >= 15 is 0 Å². The van der Waals surface area contributed by atoms with Crippen LogP contribution in [0.5, 0.6) is 0 Å². The van der Waals surface area contributed by atoms with Crippen LogP contribution >= 0.6 is 0 Å². The fourth-order valence-corrected chi connectivity index (χ4v) is 8.66. The molecule has 0 aliphatic rings. The highest BCUT2D eigenvalue weighted by molar-refractivity contribution is 5.70. The molecule has 5 nitrogen and oxygen atoms in total. The predicted octanol–water partition coefficient (Wildman–Crippen LogP) is 19.6. The first-order valence-corrected chi connectivity index (χ1v) is 29.2. The molecule has 0 aromatic heterocycles. The van der Waals surface area contributed by atoms with E-state index in [1.807, 2.05) is 0 Å². The number of carbonyl (C=O) groups is 2. The Morgan fingerprint density at radius 1 is 0.348 bits per heavy atom. The summed E-state index contributed by atoms with van der Waals surface area (Å²) in [5, 5.41) is 9.60. The minimum absolute atomic E-state index is 0.0666. The summed E-state index contributed by atoms with van der Waals surface area (Å²) >= 11 is 0. The van der Waals surface area contributed by atoms with Crippen molar-refractivity contribution >= 4 is 11.9 Å². The molecule has 1 atom stereocenters. The number of rotatable bonds is 54. The third kappa shape index (κ3) is 54.5. The van der Waals surface area contributed by atoms with Crippen LogP contribution in [0.2, 0.25) is 0 Å². The monoisotopic (exact) mass is 925 g/mol. The van der Waals surface area contributed by atoms with Gasteiger partial charge < -0.3 is 14.6 Å². The summed E-state index contributed by atoms with van der Waals surface area (Å²) in [5.41, 5.74) is 0. The lowest BCUT2D eigenvalue weighted by molar-refractivity contribution is -0.161. The summed E-state index contributed by atoms with van der Waals surface area (Å²) in [7, 11) is 0. The van der Waals surface area contributed by atoms with Gasteiger partial charge in [0.25, 0.3) is 0 Å². The Balaban J connectivity index is 3.35. The average molecular weight is 926 g/mol. The van der Waals surface area contributed by atoms with Gasteiger partial charge in [0, 0.05) is 12.8 Å². The highest BCUT2D eigenvalue weighted by atomic mass is 16.6. The highest BCUT2D eigenvalue weighted by Gasteiger charge is 2.16. The highest BCUT2D eigenvalue weighted by Crippen LogP contribution is 2.17. The second-order valence-electron chi connectivity index (χ2n) is 19.7. The smallest absolute Gasteiger partial charge is 0.306 e. The molecule has 0 rings (SSSR count). The van der Waals surface area contributed by atoms with Gasteiger partial charge in [-0.15, -0.1) is 0 Å². The predicted molar refractivity (Wildman–Crippen MR) is 288 cm³/mol. The molecule has 0 amide bonds. The molecule has 0 aliphatic heterocycles. The van der Waals surface area contributed by atoms with Gasteiger partial charge in [0.15, 0.2) is 6.10 Å². The average Bonchev–Trinajstić information content (AvgIpc) is 3.32. The molecular formula is C61H112O5. The number of hydrogen-bond donors (Lipinski definition) is 1. The van der Waals surface area contributed by atoms with E-state index in [1.54, 1.807) is 0 Å². The lowest BCUT2D eigenvalue weighted by Gasteiger charge is -2.15. The SMILES string of the molecule is CCCC/C=C\CCCCCCCC(=O)OCC(CO)OC(=O)CCCCCCCCCCCCCCCCCCCCCCCCCCCC/C=C\C/C=C\C/C=C\CCCCCCC. The molecule has 0 aliphatic carbocycles. The van der Waals surface area contributed by atoms with Gasteiger partial charge in [-0.2, -0.15) is 0 Å². The van der Waals surface area contributed by atoms with Crippen LogP contribution in [0.4, 0.5) is 0 Å². The van der Waals surface area contributed by atoms with Crippen LogP contribution in [0.1, 0.15) is 309 Å². The van der Waals surface area contributed by atoms with Crippen molar-refractivity contribution < 1.29 is 24.2 Å². The minimum atomic E-state index is -0.772. The van der Waals surface area contributed by atoms with Crippen LogP contribution in [0.15, 0.2) is 48.6 Å². The lowest BCUT2D eigenvalue weighted by Crippen LogP contribution is -2.28. The molecule has 66 heavy (non-hydrogen) atoms. The van der Waals surface area contributed by atoms with Gasteiger partial charge in [-0.1, -0.05) is 274 Å². The Hall–Kier alpha value is -2.14. The van der Waals surface area contributed by atoms with Gasteiger partial charge in [-0.3, -0.25) is 9.59 Å². The first-order valence-electron chi connectivity index (χ1n) is 29.2. The third-order valence-corrected chi connectivity index (χ3v) is 13.1. The molecule has 0 fully saturated rings. The molecule has 0 saturated carbocycles. The van der Waals surface area contributed by atoms with Crippen molar-refractivity contribution in [2.45, 2.75) is 315 Å². The van der Waals surface area contributed by atoms with Gasteiger partial charge in [-0.05, 0) is 70.6 Å². The first kappa shape index (κ1) is 63.9. The van der Waals surface area contributed by atoms with E-state index in [4.69, 9.17) is 9.47 Å². The molecule has 1 N–H and O–H groups in total. The summed E-state index contributed by atoms with van der Waals surface area (Å²) in [4.78, 5) is 24.4. The normalized spacial score (nSPS) is 12.5. The van der Waals surface area contributed by atoms with Crippen LogP contribution in [0, 0.1) is 0 Å². The summed E-state index contributed by atoms with van der Waals surface area (Å²) < 4.78 is 10.6. The van der Waals surface area contributed by atoms with Gasteiger partial charge >= 0.3 is 11.9 Å². The second-order valence-corrected chi connectivity index (χ2v) is 19.7. The van der Waals surface area contributed by atoms with Crippen molar-refractivity contribution in [3.63, 3.8) is 0 Å². The Kier molecular flexibility index (Phi) is 55.3. The third-order valence-electron chi connectivity index (χ3n) is 13.1. The minimum Gasteiger partial charge on any atom is -0.462 e. The number of ether oxygens (including phenoxy) is 2. The standard InChI is InChI=1S/C61H112O5/c1-3-5-7-9-11-13-15-16-17-18-19-20-21-22-23-24-25-26-27-28-29-30-31-32-33-34-35-36-37-38-39-40-41-42-43-44-46-48-50-52-54-56-61(64)66-59(57-62)58-65-60(63)55-53-51-49-47-45-14-12-10-8-6-4-2/h10,12,15-16,18-19,21-22,59,62H,3-9,11,13-14,17,20,23-58H2,1-2H3/b12-10-,16-15-,19-18-,22-21-. The van der Waals surface area contributed by atoms with Crippen molar-refractivity contribution in [3.8, 4) is 0 Å². The molecule has 0 aromatic rings. The summed E-state index contributed by atoms with van der Waals surface area (Å²) in [6.45, 7) is 4.10. The number of hydrogen-bond acceptors (Lipinski definition) is 5. The topological polar surface area (TPSA) is 72.8 Å². The van der Waals surface area contributed by atoms with Crippen molar-refractivity contribution in [3.05, 3.63) is 48.6 Å². The van der Waals surface area contributed by atoms with Gasteiger partial charge in [0.05, 0.1) is 6.61 Å². The van der Waals surface area contributed by atoms with Crippen LogP contribution < -0.4 is 0 Å². The van der Waals surface area contributed by atoms with E-state index in [9.17, 15) is 14.7 Å². The Labute approximate surface area is 411 Å². The van der Waals surface area contributed by atoms with E-state index in [1.165, 1.54) is 225 Å². The molecule has 5 heteroatoms. The Bertz CT molecular complexity index is 1090. The maximum Gasteiger partial charge on any atom is 0.306 e. The van der Waals surface area contributed by atoms with Crippen molar-refractivity contribution in [1.82, 2.24) is 0 Å². The summed E-state index contributed by atoms with van der Waals surface area (Å²) in [6.07, 6.45) is 75.6. The Morgan fingerprint density at radius 3 is 0.970 bits per heavy atom. The number of aliphatic hydroxyl groups excluding tert-OH is 1. The molecule has 0 aromatic carbocycles. The molecule has 0 radical (unpaired) electrons. The summed E-state index contributed by atoms with van der Waals surface area (Å²) in [6, 6.07) is 0. The Morgan fingerprint density at radius 2 is 0.621 bits per heavy atom. The maximum absolute atomic E-state index is 12.3. The summed E-state index contributed by atoms with van der Waals surface area (Å²) in [5.74, 6) is -0.590. The molecule has 0 saturated heterocycles. The van der Waals surface area contributed by atoms with Crippen molar-refractivity contribution in [2.75, 3.05) is 13.2 Å². The molecule has 386 valence electrons. The molecular weight excluding hydrogens is 813 g/mol. The van der Waals surface area contributed by atoms with Gasteiger partial charge in [-0.25, -0.2) is 0 Å². The van der Waals surface area contributed by atoms with Gasteiger partial charge in [0.2, 0.25) is 0 Å². The van der Waals surface area contributed by atoms with Crippen LogP contribution in [0.3, 0.4) is 0 Å². The fraction of sp³-hybridized carbons (Fsp3) is 0.836. The van der Waals surface area contributed by atoms with E-state index in [-0.39, 0.29) is 25.2 Å². The quantitative estimate of drug-likeness (QED) is 0.0374. The second kappa shape index (κ2) is 57.2. The van der Waals surface area contributed by atoms with Crippen LogP contribution in [-0.4, -0.2) is 36.4 Å². The number of esters is 2. The number of allylic oxidation sites excluding steroid dienone is 8. The maximum atomic E-state index is 12.3. The zero-order valence-electron chi connectivity index (χ0n) is 44.2. The van der Waals surface area contributed by atoms with Crippen LogP contribution in [-0.2, 0) is 19.1 Å². The zero-order chi connectivity index (χ0) is 47.7. The fourth-order valence-electron chi connectivity index (χ4n) is 8.66. The first-order chi connectivity index (χ1) is 32.6. The van der Waals surface area contributed by atoms with E-state index in [0.29, 0.717) is 12.8 Å². The van der Waals surface area contributed by atoms with E-state index in [2.05, 4.69) is 62.5 Å². The van der Waals surface area contributed by atoms with Gasteiger partial charge in [0.1, 0.15) is 6.61 Å². The van der Waals surface area contributed by atoms with E-state index in [0.717, 1.165) is 57.8 Å². The molecule has 0 spiro atoms. The zero-order valence-corrected chi connectivity index (χ0v) is 44.2. The van der Waals surface area contributed by atoms with Crippen LogP contribution in [0.25, 0.3) is 0 Å². The molecule has 0 bridgehead atoms. The van der Waals surface area contributed by atoms with E-state index < -0.39 is 6.10 Å². The largest absolute Gasteiger partial charge is 0.462 e. The van der Waals surface area contributed by atoms with Crippen molar-refractivity contribution in [1.29, 1.82) is 0 Å². The molecule has 0 heterocycles. The molecule has 1 unspecified atom stereocenters. The number of unbranched alkanes of at least 4 members (excludes halogenated alkanes) is 38. The number of carbonyl (C=O) groups excluding carboxylic acids is 2. The lowest BCUT2D eigenvalue weighted by atomic mass is 10.0. The number of aliphatic hydroxyl groups is 1.